The summed E-state index contributed by atoms with van der Waals surface area (Å²) in [5.74, 6) is -0.374. The lowest BCUT2D eigenvalue weighted by Crippen LogP contribution is -2.28. The van der Waals surface area contributed by atoms with Gasteiger partial charge in [-0.1, -0.05) is 35.3 Å². The van der Waals surface area contributed by atoms with Crippen molar-refractivity contribution in [2.75, 3.05) is 25.5 Å². The zero-order valence-corrected chi connectivity index (χ0v) is 14.4. The second kappa shape index (κ2) is 7.68. The van der Waals surface area contributed by atoms with Crippen LogP contribution in [-0.4, -0.2) is 31.7 Å². The van der Waals surface area contributed by atoms with E-state index in [-0.39, 0.29) is 18.0 Å². The van der Waals surface area contributed by atoms with E-state index in [0.29, 0.717) is 10.0 Å². The van der Waals surface area contributed by atoms with Gasteiger partial charge in [-0.2, -0.15) is 0 Å². The van der Waals surface area contributed by atoms with Gasteiger partial charge in [-0.3, -0.25) is 4.79 Å². The number of aliphatic hydroxyl groups excluding tert-OH is 1. The molecule has 122 valence electrons. The zero-order valence-electron chi connectivity index (χ0n) is 12.9. The predicted molar refractivity (Wildman–Crippen MR) is 94.5 cm³/mol. The van der Waals surface area contributed by atoms with E-state index in [2.05, 4.69) is 5.32 Å². The molecule has 0 heterocycles. The molecule has 0 aromatic heterocycles. The Balaban J connectivity index is 1.99. The summed E-state index contributed by atoms with van der Waals surface area (Å²) in [7, 11) is 3.89. The van der Waals surface area contributed by atoms with E-state index < -0.39 is 6.10 Å². The minimum Gasteiger partial charge on any atom is -0.387 e. The van der Waals surface area contributed by atoms with Crippen LogP contribution in [0.5, 0.6) is 0 Å². The Morgan fingerprint density at radius 1 is 1.17 bits per heavy atom. The highest BCUT2D eigenvalue weighted by molar-refractivity contribution is 6.35. The van der Waals surface area contributed by atoms with Gasteiger partial charge in [0.05, 0.1) is 16.7 Å². The molecule has 2 N–H and O–H groups in total. The van der Waals surface area contributed by atoms with E-state index in [9.17, 15) is 9.90 Å². The molecule has 23 heavy (non-hydrogen) atoms. The predicted octanol–water partition coefficient (Wildman–Crippen LogP) is 3.52. The summed E-state index contributed by atoms with van der Waals surface area (Å²) in [4.78, 5) is 14.1. The Kier molecular flexibility index (Phi) is 5.88. The summed E-state index contributed by atoms with van der Waals surface area (Å²) in [5.41, 5.74) is 2.05. The molecule has 4 nitrogen and oxygen atoms in total. The number of anilines is 1. The van der Waals surface area contributed by atoms with Crippen LogP contribution in [0.15, 0.2) is 42.5 Å². The molecule has 6 heteroatoms. The molecule has 0 aliphatic rings. The molecule has 1 atom stereocenters. The van der Waals surface area contributed by atoms with Crippen molar-refractivity contribution in [2.45, 2.75) is 6.10 Å². The largest absolute Gasteiger partial charge is 0.387 e. The quantitative estimate of drug-likeness (QED) is 0.865. The Labute approximate surface area is 145 Å². The lowest BCUT2D eigenvalue weighted by molar-refractivity contribution is 0.0916. The van der Waals surface area contributed by atoms with E-state index in [4.69, 9.17) is 23.2 Å². The Morgan fingerprint density at radius 3 is 2.43 bits per heavy atom. The normalized spacial score (nSPS) is 11.9. The van der Waals surface area contributed by atoms with Gasteiger partial charge in [0, 0.05) is 31.4 Å². The molecule has 2 aromatic rings. The first-order valence-electron chi connectivity index (χ1n) is 7.07. The minimum atomic E-state index is -0.798. The van der Waals surface area contributed by atoms with Gasteiger partial charge in [-0.05, 0) is 35.9 Å². The lowest BCUT2D eigenvalue weighted by atomic mass is 10.1. The van der Waals surface area contributed by atoms with Crippen molar-refractivity contribution in [3.05, 3.63) is 63.6 Å². The minimum absolute atomic E-state index is 0.0863. The van der Waals surface area contributed by atoms with Crippen molar-refractivity contribution in [3.63, 3.8) is 0 Å². The molecule has 0 spiro atoms. The fourth-order valence-electron chi connectivity index (χ4n) is 2.07. The molecule has 0 saturated heterocycles. The SMILES string of the molecule is CN(C)c1ccc(C(O)CNC(=O)c2cc(Cl)ccc2Cl)cc1. The van der Waals surface area contributed by atoms with Crippen molar-refractivity contribution in [3.8, 4) is 0 Å². The number of hydrogen-bond donors (Lipinski definition) is 2. The van der Waals surface area contributed by atoms with Crippen LogP contribution >= 0.6 is 23.2 Å². The van der Waals surface area contributed by atoms with Gasteiger partial charge >= 0.3 is 0 Å². The molecule has 0 saturated carbocycles. The summed E-state index contributed by atoms with van der Waals surface area (Å²) >= 11 is 11.9. The molecule has 0 aliphatic carbocycles. The Bertz CT molecular complexity index is 687. The molecule has 2 rings (SSSR count). The summed E-state index contributed by atoms with van der Waals surface area (Å²) < 4.78 is 0. The third kappa shape index (κ3) is 4.61. The van der Waals surface area contributed by atoms with Crippen LogP contribution in [0.2, 0.25) is 10.0 Å². The summed E-state index contributed by atoms with van der Waals surface area (Å²) in [6.07, 6.45) is -0.798. The van der Waals surface area contributed by atoms with Gasteiger partial charge in [0.15, 0.2) is 0 Å². The number of carbonyl (C=O) groups is 1. The van der Waals surface area contributed by atoms with Crippen LogP contribution in [-0.2, 0) is 0 Å². The fraction of sp³-hybridized carbons (Fsp3) is 0.235. The average molecular weight is 353 g/mol. The first-order chi connectivity index (χ1) is 10.9. The molecular weight excluding hydrogens is 335 g/mol. The number of halogens is 2. The lowest BCUT2D eigenvalue weighted by Gasteiger charge is -2.16. The van der Waals surface area contributed by atoms with Crippen LogP contribution in [0.4, 0.5) is 5.69 Å². The van der Waals surface area contributed by atoms with Crippen molar-refractivity contribution >= 4 is 34.8 Å². The Hall–Kier alpha value is -1.75. The topological polar surface area (TPSA) is 52.6 Å². The number of benzene rings is 2. The van der Waals surface area contributed by atoms with Gasteiger partial charge in [-0.15, -0.1) is 0 Å². The van der Waals surface area contributed by atoms with Crippen LogP contribution in [0.1, 0.15) is 22.0 Å². The molecule has 0 fully saturated rings. The number of carbonyl (C=O) groups excluding carboxylic acids is 1. The third-order valence-corrected chi connectivity index (χ3v) is 3.99. The maximum absolute atomic E-state index is 12.1. The molecule has 0 aliphatic heterocycles. The number of hydrogen-bond acceptors (Lipinski definition) is 3. The number of amides is 1. The highest BCUT2D eigenvalue weighted by atomic mass is 35.5. The van der Waals surface area contributed by atoms with Crippen LogP contribution in [0.25, 0.3) is 0 Å². The number of aliphatic hydroxyl groups is 1. The molecule has 1 amide bonds. The highest BCUT2D eigenvalue weighted by Gasteiger charge is 2.14. The maximum Gasteiger partial charge on any atom is 0.252 e. The van der Waals surface area contributed by atoms with Crippen molar-refractivity contribution < 1.29 is 9.90 Å². The van der Waals surface area contributed by atoms with Crippen molar-refractivity contribution in [2.24, 2.45) is 0 Å². The van der Waals surface area contributed by atoms with Crippen LogP contribution in [0, 0.1) is 0 Å². The first kappa shape index (κ1) is 17.6. The van der Waals surface area contributed by atoms with E-state index >= 15 is 0 Å². The first-order valence-corrected chi connectivity index (χ1v) is 7.82. The van der Waals surface area contributed by atoms with Crippen LogP contribution < -0.4 is 10.2 Å². The summed E-state index contributed by atoms with van der Waals surface area (Å²) in [6, 6.07) is 12.2. The second-order valence-electron chi connectivity index (χ2n) is 5.34. The van der Waals surface area contributed by atoms with Crippen molar-refractivity contribution in [1.82, 2.24) is 5.32 Å². The third-order valence-electron chi connectivity index (χ3n) is 3.42. The summed E-state index contributed by atoms with van der Waals surface area (Å²) in [5, 5.41) is 13.6. The number of nitrogens with one attached hydrogen (secondary N) is 1. The molecule has 0 bridgehead atoms. The molecule has 1 unspecified atom stereocenters. The summed E-state index contributed by atoms with van der Waals surface area (Å²) in [6.45, 7) is 0.0863. The van der Waals surface area contributed by atoms with Crippen LogP contribution in [0.3, 0.4) is 0 Å². The van der Waals surface area contributed by atoms with E-state index in [0.717, 1.165) is 11.3 Å². The standard InChI is InChI=1S/C17H18Cl2N2O2/c1-21(2)13-6-3-11(4-7-13)16(22)10-20-17(23)14-9-12(18)5-8-15(14)19/h3-9,16,22H,10H2,1-2H3,(H,20,23). The fourth-order valence-corrected chi connectivity index (χ4v) is 2.44. The van der Waals surface area contributed by atoms with Gasteiger partial charge in [0.2, 0.25) is 0 Å². The smallest absolute Gasteiger partial charge is 0.252 e. The van der Waals surface area contributed by atoms with E-state index in [1.807, 2.05) is 43.3 Å². The van der Waals surface area contributed by atoms with Crippen molar-refractivity contribution in [1.29, 1.82) is 0 Å². The highest BCUT2D eigenvalue weighted by Crippen LogP contribution is 2.21. The van der Waals surface area contributed by atoms with Gasteiger partial charge in [0.1, 0.15) is 0 Å². The molecule has 0 radical (unpaired) electrons. The average Bonchev–Trinajstić information content (AvgIpc) is 2.54. The molecular formula is C17H18Cl2N2O2. The maximum atomic E-state index is 12.1. The zero-order chi connectivity index (χ0) is 17.0. The molecule has 2 aromatic carbocycles. The van der Waals surface area contributed by atoms with E-state index in [1.54, 1.807) is 12.1 Å². The van der Waals surface area contributed by atoms with Gasteiger partial charge in [-0.25, -0.2) is 0 Å². The van der Waals surface area contributed by atoms with Gasteiger partial charge in [0.25, 0.3) is 5.91 Å². The number of nitrogens with zero attached hydrogens (tertiary/aromatic N) is 1. The second-order valence-corrected chi connectivity index (χ2v) is 6.18. The Morgan fingerprint density at radius 2 is 1.83 bits per heavy atom. The van der Waals surface area contributed by atoms with E-state index in [1.165, 1.54) is 6.07 Å². The van der Waals surface area contributed by atoms with Gasteiger partial charge < -0.3 is 15.3 Å². The monoisotopic (exact) mass is 352 g/mol. The number of rotatable bonds is 5.